The Kier molecular flexibility index (Phi) is 5.65. The fourth-order valence-electron chi connectivity index (χ4n) is 3.69. The van der Waals surface area contributed by atoms with Crippen molar-refractivity contribution in [3.63, 3.8) is 0 Å². The van der Waals surface area contributed by atoms with Crippen LogP contribution in [0.5, 0.6) is 28.7 Å². The molecule has 0 atom stereocenters. The molecule has 3 N–H and O–H groups in total. The highest BCUT2D eigenvalue weighted by molar-refractivity contribution is 5.82. The maximum absolute atomic E-state index is 10.3. The van der Waals surface area contributed by atoms with Crippen LogP contribution in [0.4, 0.5) is 17.1 Å². The molecule has 0 aliphatic carbocycles. The summed E-state index contributed by atoms with van der Waals surface area (Å²) in [5.74, 6) is 1.39. The molecule has 0 aromatic heterocycles. The normalized spacial score (nSPS) is 10.7. The first kappa shape index (κ1) is 21.1. The van der Waals surface area contributed by atoms with Gasteiger partial charge in [-0.1, -0.05) is 30.3 Å². The SMILES string of the molecule is Cc1cccc(O)c1Oc1cccc(N(c2cccc(O)c2C)c2cccc(O)c2C)c1. The van der Waals surface area contributed by atoms with Crippen LogP contribution in [0.2, 0.25) is 0 Å². The lowest BCUT2D eigenvalue weighted by Crippen LogP contribution is -2.12. The molecule has 0 saturated carbocycles. The van der Waals surface area contributed by atoms with Gasteiger partial charge in [0.15, 0.2) is 11.5 Å². The monoisotopic (exact) mass is 427 g/mol. The smallest absolute Gasteiger partial charge is 0.171 e. The maximum atomic E-state index is 10.3. The fraction of sp³-hybridized carbons (Fsp3) is 0.111. The van der Waals surface area contributed by atoms with Crippen LogP contribution in [0.15, 0.2) is 78.9 Å². The number of aryl methyl sites for hydroxylation is 1. The molecule has 32 heavy (non-hydrogen) atoms. The Morgan fingerprint density at radius 3 is 1.75 bits per heavy atom. The summed E-state index contributed by atoms with van der Waals surface area (Å²) in [5.41, 5.74) is 4.55. The Morgan fingerprint density at radius 1 is 0.625 bits per heavy atom. The number of hydrogen-bond donors (Lipinski definition) is 3. The Balaban J connectivity index is 1.86. The minimum Gasteiger partial charge on any atom is -0.508 e. The summed E-state index contributed by atoms with van der Waals surface area (Å²) in [6, 6.07) is 23.4. The molecule has 0 unspecified atom stereocenters. The van der Waals surface area contributed by atoms with Crippen molar-refractivity contribution in [2.45, 2.75) is 20.8 Å². The van der Waals surface area contributed by atoms with Crippen molar-refractivity contribution in [1.82, 2.24) is 0 Å². The predicted molar refractivity (Wildman–Crippen MR) is 127 cm³/mol. The van der Waals surface area contributed by atoms with Crippen LogP contribution in [0.25, 0.3) is 0 Å². The van der Waals surface area contributed by atoms with Crippen LogP contribution >= 0.6 is 0 Å². The zero-order chi connectivity index (χ0) is 22.8. The van der Waals surface area contributed by atoms with E-state index in [1.807, 2.05) is 68.1 Å². The van der Waals surface area contributed by atoms with Gasteiger partial charge < -0.3 is 25.0 Å². The number of phenols is 3. The van der Waals surface area contributed by atoms with E-state index in [1.165, 1.54) is 0 Å². The van der Waals surface area contributed by atoms with Gasteiger partial charge >= 0.3 is 0 Å². The Labute approximate surface area is 187 Å². The molecule has 4 rings (SSSR count). The van der Waals surface area contributed by atoms with Crippen molar-refractivity contribution in [1.29, 1.82) is 0 Å². The highest BCUT2D eigenvalue weighted by Crippen LogP contribution is 2.43. The average molecular weight is 428 g/mol. The van der Waals surface area contributed by atoms with E-state index in [0.29, 0.717) is 22.6 Å². The molecule has 0 aliphatic heterocycles. The van der Waals surface area contributed by atoms with Crippen LogP contribution in [0.3, 0.4) is 0 Å². The van der Waals surface area contributed by atoms with Gasteiger partial charge in [-0.25, -0.2) is 0 Å². The highest BCUT2D eigenvalue weighted by Gasteiger charge is 2.20. The van der Waals surface area contributed by atoms with E-state index in [2.05, 4.69) is 0 Å². The van der Waals surface area contributed by atoms with E-state index in [-0.39, 0.29) is 17.2 Å². The molecule has 5 nitrogen and oxygen atoms in total. The molecule has 5 heteroatoms. The highest BCUT2D eigenvalue weighted by atomic mass is 16.5. The Hall–Kier alpha value is -4.12. The van der Waals surface area contributed by atoms with Crippen molar-refractivity contribution in [3.8, 4) is 28.7 Å². The first-order valence-corrected chi connectivity index (χ1v) is 10.3. The van der Waals surface area contributed by atoms with Gasteiger partial charge in [0.25, 0.3) is 0 Å². The molecule has 0 saturated heterocycles. The van der Waals surface area contributed by atoms with Crippen LogP contribution in [-0.2, 0) is 0 Å². The van der Waals surface area contributed by atoms with Crippen LogP contribution in [-0.4, -0.2) is 15.3 Å². The standard InChI is InChI=1S/C27H25NO4/c1-17-8-4-15-26(31)27(17)32-21-10-5-9-20(16-21)28(22-11-6-13-24(29)18(22)2)23-12-7-14-25(30)19(23)3/h4-16,29-31H,1-3H3. The lowest BCUT2D eigenvalue weighted by molar-refractivity contribution is 0.409. The summed E-state index contributed by atoms with van der Waals surface area (Å²) < 4.78 is 6.03. The molecule has 0 fully saturated rings. The third-order valence-electron chi connectivity index (χ3n) is 5.52. The molecular formula is C27H25NO4. The van der Waals surface area contributed by atoms with Gasteiger partial charge in [0, 0.05) is 22.9 Å². The van der Waals surface area contributed by atoms with Crippen LogP contribution in [0.1, 0.15) is 16.7 Å². The zero-order valence-corrected chi connectivity index (χ0v) is 18.2. The molecule has 0 bridgehead atoms. The number of nitrogens with zero attached hydrogens (tertiary/aromatic N) is 1. The minimum absolute atomic E-state index is 0.0694. The molecule has 4 aromatic carbocycles. The number of anilines is 3. The van der Waals surface area contributed by atoms with Gasteiger partial charge in [0.2, 0.25) is 0 Å². The lowest BCUT2D eigenvalue weighted by Gasteiger charge is -2.29. The van der Waals surface area contributed by atoms with Gasteiger partial charge in [-0.15, -0.1) is 0 Å². The van der Waals surface area contributed by atoms with Gasteiger partial charge in [0.05, 0.1) is 11.4 Å². The van der Waals surface area contributed by atoms with Crippen molar-refractivity contribution in [3.05, 3.63) is 95.6 Å². The van der Waals surface area contributed by atoms with Crippen molar-refractivity contribution < 1.29 is 20.1 Å². The second kappa shape index (κ2) is 8.55. The molecule has 162 valence electrons. The minimum atomic E-state index is 0.0694. The number of ether oxygens (including phenoxy) is 1. The molecule has 4 aromatic rings. The van der Waals surface area contributed by atoms with E-state index >= 15 is 0 Å². The molecule has 0 heterocycles. The topological polar surface area (TPSA) is 73.2 Å². The third-order valence-corrected chi connectivity index (χ3v) is 5.52. The number of hydrogen-bond acceptors (Lipinski definition) is 5. The maximum Gasteiger partial charge on any atom is 0.171 e. The molecular weight excluding hydrogens is 402 g/mol. The number of phenolic OH excluding ortho intramolecular Hbond substituents is 3. The van der Waals surface area contributed by atoms with E-state index in [4.69, 9.17) is 4.74 Å². The summed E-state index contributed by atoms with van der Waals surface area (Å²) >= 11 is 0. The summed E-state index contributed by atoms with van der Waals surface area (Å²) in [5, 5.41) is 30.9. The fourth-order valence-corrected chi connectivity index (χ4v) is 3.69. The molecule has 0 amide bonds. The van der Waals surface area contributed by atoms with Crippen LogP contribution < -0.4 is 9.64 Å². The van der Waals surface area contributed by atoms with E-state index in [9.17, 15) is 15.3 Å². The summed E-state index contributed by atoms with van der Waals surface area (Å²) in [6.45, 7) is 5.57. The summed E-state index contributed by atoms with van der Waals surface area (Å²) in [6.07, 6.45) is 0. The second-order valence-electron chi connectivity index (χ2n) is 7.70. The van der Waals surface area contributed by atoms with E-state index in [1.54, 1.807) is 36.4 Å². The summed E-state index contributed by atoms with van der Waals surface area (Å²) in [4.78, 5) is 1.97. The first-order chi connectivity index (χ1) is 15.4. The second-order valence-corrected chi connectivity index (χ2v) is 7.70. The molecule has 0 radical (unpaired) electrons. The van der Waals surface area contributed by atoms with Gasteiger partial charge in [-0.05, 0) is 68.8 Å². The summed E-state index contributed by atoms with van der Waals surface area (Å²) in [7, 11) is 0. The van der Waals surface area contributed by atoms with E-state index < -0.39 is 0 Å². The van der Waals surface area contributed by atoms with E-state index in [0.717, 1.165) is 22.6 Å². The third kappa shape index (κ3) is 3.93. The number of benzene rings is 4. The Bertz CT molecular complexity index is 1210. The van der Waals surface area contributed by atoms with Crippen molar-refractivity contribution in [2.75, 3.05) is 4.90 Å². The van der Waals surface area contributed by atoms with Crippen molar-refractivity contribution >= 4 is 17.1 Å². The number of aromatic hydroxyl groups is 3. The largest absolute Gasteiger partial charge is 0.508 e. The van der Waals surface area contributed by atoms with Gasteiger partial charge in [-0.2, -0.15) is 0 Å². The van der Waals surface area contributed by atoms with Gasteiger partial charge in [-0.3, -0.25) is 0 Å². The molecule has 0 aliphatic rings. The zero-order valence-electron chi connectivity index (χ0n) is 18.2. The van der Waals surface area contributed by atoms with Crippen molar-refractivity contribution in [2.24, 2.45) is 0 Å². The number of rotatable bonds is 5. The lowest BCUT2D eigenvalue weighted by atomic mass is 10.1. The average Bonchev–Trinajstić information content (AvgIpc) is 2.77. The quantitative estimate of drug-likeness (QED) is 0.320. The van der Waals surface area contributed by atoms with Gasteiger partial charge in [0.1, 0.15) is 17.2 Å². The predicted octanol–water partition coefficient (Wildman–Crippen LogP) is 6.99. The Morgan fingerprint density at radius 2 is 1.16 bits per heavy atom. The number of para-hydroxylation sites is 1. The molecule has 0 spiro atoms. The first-order valence-electron chi connectivity index (χ1n) is 10.3. The van der Waals surface area contributed by atoms with Crippen LogP contribution in [0, 0.1) is 20.8 Å².